The van der Waals surface area contributed by atoms with Gasteiger partial charge in [0.1, 0.15) is 17.4 Å². The van der Waals surface area contributed by atoms with Gasteiger partial charge in [-0.15, -0.1) is 11.6 Å². The third-order valence-corrected chi connectivity index (χ3v) is 3.87. The molecule has 0 heterocycles. The first-order valence-electron chi connectivity index (χ1n) is 6.75. The molecule has 0 saturated carbocycles. The first-order chi connectivity index (χ1) is 10.1. The minimum absolute atomic E-state index is 0.0369. The summed E-state index contributed by atoms with van der Waals surface area (Å²) in [6.45, 7) is 0. The summed E-state index contributed by atoms with van der Waals surface area (Å²) in [5, 5.41) is 0. The van der Waals surface area contributed by atoms with Gasteiger partial charge in [-0.2, -0.15) is 0 Å². The van der Waals surface area contributed by atoms with Gasteiger partial charge in [-0.25, -0.2) is 8.78 Å². The number of methoxy groups -OCH3 is 1. The minimum Gasteiger partial charge on any atom is -0.497 e. The molecule has 0 radical (unpaired) electrons. The molecule has 0 aliphatic heterocycles. The zero-order valence-electron chi connectivity index (χ0n) is 11.8. The van der Waals surface area contributed by atoms with Crippen molar-refractivity contribution in [1.82, 2.24) is 0 Å². The zero-order chi connectivity index (χ0) is 15.2. The molecule has 1 nitrogen and oxygen atoms in total. The fourth-order valence-corrected chi connectivity index (χ4v) is 2.55. The van der Waals surface area contributed by atoms with E-state index in [1.807, 2.05) is 24.3 Å². The van der Waals surface area contributed by atoms with Gasteiger partial charge in [-0.1, -0.05) is 18.2 Å². The zero-order valence-corrected chi connectivity index (χ0v) is 12.5. The predicted molar refractivity (Wildman–Crippen MR) is 81.0 cm³/mol. The predicted octanol–water partition coefficient (Wildman–Crippen LogP) is 4.61. The number of rotatable bonds is 6. The first kappa shape index (κ1) is 15.8. The average molecular weight is 311 g/mol. The second-order valence-electron chi connectivity index (χ2n) is 4.98. The lowest BCUT2D eigenvalue weighted by atomic mass is 9.93. The van der Waals surface area contributed by atoms with Gasteiger partial charge < -0.3 is 4.74 Å². The molecule has 0 spiro atoms. The number of ether oxygens (including phenoxy) is 1. The van der Waals surface area contributed by atoms with E-state index in [0.717, 1.165) is 11.3 Å². The summed E-state index contributed by atoms with van der Waals surface area (Å²) >= 11 is 5.97. The van der Waals surface area contributed by atoms with Crippen molar-refractivity contribution in [3.63, 3.8) is 0 Å². The average Bonchev–Trinajstić information content (AvgIpc) is 2.50. The quantitative estimate of drug-likeness (QED) is 0.708. The topological polar surface area (TPSA) is 9.23 Å². The van der Waals surface area contributed by atoms with Crippen molar-refractivity contribution in [2.24, 2.45) is 5.92 Å². The van der Waals surface area contributed by atoms with Crippen LogP contribution >= 0.6 is 11.6 Å². The molecule has 4 heteroatoms. The van der Waals surface area contributed by atoms with Gasteiger partial charge in [0.25, 0.3) is 0 Å². The number of hydrogen-bond donors (Lipinski definition) is 0. The fraction of sp³-hybridized carbons (Fsp3) is 0.294. The second-order valence-corrected chi connectivity index (χ2v) is 5.29. The summed E-state index contributed by atoms with van der Waals surface area (Å²) in [5.74, 6) is 0.0277. The van der Waals surface area contributed by atoms with Gasteiger partial charge in [0.15, 0.2) is 0 Å². The molecule has 0 fully saturated rings. The van der Waals surface area contributed by atoms with E-state index < -0.39 is 11.6 Å². The van der Waals surface area contributed by atoms with Gasteiger partial charge in [-0.3, -0.25) is 0 Å². The van der Waals surface area contributed by atoms with Crippen LogP contribution in [0.2, 0.25) is 0 Å². The molecule has 0 aliphatic rings. The molecule has 0 N–H and O–H groups in total. The molecule has 2 aromatic rings. The molecule has 2 rings (SSSR count). The Hall–Kier alpha value is -1.61. The van der Waals surface area contributed by atoms with Crippen molar-refractivity contribution in [2.45, 2.75) is 12.8 Å². The SMILES string of the molecule is COc1cccc(CC(CCl)Cc2c(F)cccc2F)c1. The van der Waals surface area contributed by atoms with Crippen molar-refractivity contribution >= 4 is 11.6 Å². The Balaban J connectivity index is 2.13. The highest BCUT2D eigenvalue weighted by molar-refractivity contribution is 6.18. The molecule has 1 atom stereocenters. The molecule has 0 bridgehead atoms. The van der Waals surface area contributed by atoms with Crippen LogP contribution in [0.5, 0.6) is 5.75 Å². The summed E-state index contributed by atoms with van der Waals surface area (Å²) in [4.78, 5) is 0. The lowest BCUT2D eigenvalue weighted by Gasteiger charge is -2.15. The maximum Gasteiger partial charge on any atom is 0.129 e. The van der Waals surface area contributed by atoms with Crippen LogP contribution in [0.4, 0.5) is 8.78 Å². The van der Waals surface area contributed by atoms with E-state index >= 15 is 0 Å². The monoisotopic (exact) mass is 310 g/mol. The lowest BCUT2D eigenvalue weighted by molar-refractivity contribution is 0.413. The summed E-state index contributed by atoms with van der Waals surface area (Å²) in [6.07, 6.45) is 0.924. The molecular weight excluding hydrogens is 294 g/mol. The van der Waals surface area contributed by atoms with Crippen molar-refractivity contribution in [1.29, 1.82) is 0 Å². The van der Waals surface area contributed by atoms with Crippen molar-refractivity contribution in [2.75, 3.05) is 13.0 Å². The first-order valence-corrected chi connectivity index (χ1v) is 7.29. The summed E-state index contributed by atoms with van der Waals surface area (Å²) in [7, 11) is 1.60. The Morgan fingerprint density at radius 3 is 2.33 bits per heavy atom. The second kappa shape index (κ2) is 7.41. The highest BCUT2D eigenvalue weighted by Crippen LogP contribution is 2.22. The Morgan fingerprint density at radius 1 is 1.05 bits per heavy atom. The standard InChI is InChI=1S/C17H17ClF2O/c1-21-14-5-2-4-12(9-14)8-13(11-18)10-15-16(19)6-3-7-17(15)20/h2-7,9,13H,8,10-11H2,1H3. The van der Waals surface area contributed by atoms with Crippen LogP contribution in [0.3, 0.4) is 0 Å². The summed E-state index contributed by atoms with van der Waals surface area (Å²) in [5.41, 5.74) is 1.14. The van der Waals surface area contributed by atoms with E-state index in [0.29, 0.717) is 12.3 Å². The van der Waals surface area contributed by atoms with E-state index in [1.165, 1.54) is 18.2 Å². The Bertz CT molecular complexity index is 581. The summed E-state index contributed by atoms with van der Waals surface area (Å²) in [6, 6.07) is 11.5. The van der Waals surface area contributed by atoms with Gasteiger partial charge in [0.05, 0.1) is 7.11 Å². The lowest BCUT2D eigenvalue weighted by Crippen LogP contribution is -2.12. The summed E-state index contributed by atoms with van der Waals surface area (Å²) < 4.78 is 32.6. The Kier molecular flexibility index (Phi) is 5.57. The molecule has 112 valence electrons. The number of benzene rings is 2. The van der Waals surface area contributed by atoms with Gasteiger partial charge in [0, 0.05) is 11.4 Å². The third-order valence-electron chi connectivity index (χ3n) is 3.43. The van der Waals surface area contributed by atoms with Crippen molar-refractivity contribution in [3.8, 4) is 5.75 Å². The number of halogens is 3. The van der Waals surface area contributed by atoms with E-state index in [4.69, 9.17) is 16.3 Å². The van der Waals surface area contributed by atoms with Crippen LogP contribution in [0.1, 0.15) is 11.1 Å². The largest absolute Gasteiger partial charge is 0.497 e. The number of hydrogen-bond acceptors (Lipinski definition) is 1. The van der Waals surface area contributed by atoms with Crippen LogP contribution in [0, 0.1) is 17.6 Å². The molecule has 0 aromatic heterocycles. The van der Waals surface area contributed by atoms with Crippen molar-refractivity contribution in [3.05, 3.63) is 65.2 Å². The molecule has 21 heavy (non-hydrogen) atoms. The van der Waals surface area contributed by atoms with Crippen LogP contribution in [0.15, 0.2) is 42.5 Å². The van der Waals surface area contributed by atoms with E-state index in [2.05, 4.69) is 0 Å². The highest BCUT2D eigenvalue weighted by atomic mass is 35.5. The minimum atomic E-state index is -0.518. The van der Waals surface area contributed by atoms with Crippen molar-refractivity contribution < 1.29 is 13.5 Å². The van der Waals surface area contributed by atoms with Crippen LogP contribution in [0.25, 0.3) is 0 Å². The molecule has 0 aliphatic carbocycles. The van der Waals surface area contributed by atoms with Crippen LogP contribution < -0.4 is 4.74 Å². The van der Waals surface area contributed by atoms with Gasteiger partial charge in [0.2, 0.25) is 0 Å². The maximum atomic E-state index is 13.7. The number of alkyl halides is 1. The molecule has 0 saturated heterocycles. The van der Waals surface area contributed by atoms with E-state index in [1.54, 1.807) is 7.11 Å². The van der Waals surface area contributed by atoms with Crippen LogP contribution in [-0.4, -0.2) is 13.0 Å². The highest BCUT2D eigenvalue weighted by Gasteiger charge is 2.16. The van der Waals surface area contributed by atoms with E-state index in [-0.39, 0.29) is 17.9 Å². The molecule has 2 aromatic carbocycles. The normalized spacial score (nSPS) is 12.2. The maximum absolute atomic E-state index is 13.7. The molecule has 1 unspecified atom stereocenters. The van der Waals surface area contributed by atoms with Crippen LogP contribution in [-0.2, 0) is 12.8 Å². The van der Waals surface area contributed by atoms with Gasteiger partial charge >= 0.3 is 0 Å². The smallest absolute Gasteiger partial charge is 0.129 e. The Labute approximate surface area is 128 Å². The Morgan fingerprint density at radius 2 is 1.71 bits per heavy atom. The van der Waals surface area contributed by atoms with E-state index in [9.17, 15) is 8.78 Å². The fourth-order valence-electron chi connectivity index (χ4n) is 2.33. The molecule has 0 amide bonds. The third kappa shape index (κ3) is 4.18. The molecular formula is C17H17ClF2O. The van der Waals surface area contributed by atoms with Gasteiger partial charge in [-0.05, 0) is 48.6 Å².